The van der Waals surface area contributed by atoms with E-state index in [1.54, 1.807) is 24.3 Å². The van der Waals surface area contributed by atoms with Crippen LogP contribution in [0.5, 0.6) is 0 Å². The van der Waals surface area contributed by atoms with Gasteiger partial charge in [-0.2, -0.15) is 4.98 Å². The minimum atomic E-state index is -4.45. The molecule has 0 spiro atoms. The van der Waals surface area contributed by atoms with E-state index < -0.39 is 76.6 Å². The van der Waals surface area contributed by atoms with Gasteiger partial charge in [0.1, 0.15) is 5.82 Å². The Morgan fingerprint density at radius 2 is 0.602 bits per heavy atom. The molecule has 0 saturated carbocycles. The minimum Gasteiger partial charge on any atom is -0.294 e. The third-order valence-corrected chi connectivity index (χ3v) is 26.2. The van der Waals surface area contributed by atoms with E-state index in [1.165, 1.54) is 0 Å². The lowest BCUT2D eigenvalue weighted by atomic mass is 10.1. The third-order valence-electron chi connectivity index (χ3n) is 17.0. The van der Waals surface area contributed by atoms with Gasteiger partial charge in [-0.1, -0.05) is 321 Å². The van der Waals surface area contributed by atoms with Crippen LogP contribution in [0.1, 0.15) is 17.8 Å². The number of aromatic nitrogens is 4. The lowest BCUT2D eigenvalue weighted by Crippen LogP contribution is -2.78. The Balaban J connectivity index is 1.15. The molecular formula is C82H58N4Si2. The number of benzene rings is 13. The molecule has 16 rings (SSSR count). The quantitative estimate of drug-likeness (QED) is 0.0852. The highest BCUT2D eigenvalue weighted by Gasteiger charge is 2.46. The lowest BCUT2D eigenvalue weighted by molar-refractivity contribution is 0.952. The van der Waals surface area contributed by atoms with Crippen LogP contribution in [0.2, 0.25) is 0 Å². The van der Waals surface area contributed by atoms with Crippen molar-refractivity contribution in [3.05, 3.63) is 352 Å². The topological polar surface area (TPSA) is 35.6 Å². The van der Waals surface area contributed by atoms with Gasteiger partial charge < -0.3 is 0 Å². The second-order valence-electron chi connectivity index (χ2n) is 21.8. The molecule has 0 N–H and O–H groups in total. The first-order valence-electron chi connectivity index (χ1n) is 35.7. The van der Waals surface area contributed by atoms with Crippen LogP contribution in [-0.2, 0) is 0 Å². The van der Waals surface area contributed by atoms with Gasteiger partial charge in [0.2, 0.25) is 5.95 Å². The van der Waals surface area contributed by atoms with Crippen molar-refractivity contribution < 1.29 is 17.8 Å². The maximum absolute atomic E-state index is 11.9. The summed E-state index contributed by atoms with van der Waals surface area (Å²) in [6, 6.07) is 82.5. The van der Waals surface area contributed by atoms with E-state index in [2.05, 4.69) is 28.8 Å². The molecule has 0 saturated heterocycles. The summed E-state index contributed by atoms with van der Waals surface area (Å²) in [4.78, 5) is 11.4. The Labute approximate surface area is 532 Å². The molecule has 0 aliphatic carbocycles. The Kier molecular flexibility index (Phi) is 10.1. The normalized spacial score (nSPS) is 13.9. The van der Waals surface area contributed by atoms with Crippen molar-refractivity contribution in [1.82, 2.24) is 19.1 Å². The van der Waals surface area contributed by atoms with E-state index in [0.717, 1.165) is 64.4 Å². The van der Waals surface area contributed by atoms with Gasteiger partial charge in [-0.15, -0.1) is 0 Å². The Morgan fingerprint density at radius 3 is 0.989 bits per heavy atom. The van der Waals surface area contributed by atoms with E-state index in [1.807, 2.05) is 229 Å². The highest BCUT2D eigenvalue weighted by atomic mass is 28.3. The first kappa shape index (κ1) is 40.3. The van der Waals surface area contributed by atoms with Gasteiger partial charge in [0.25, 0.3) is 0 Å². The van der Waals surface area contributed by atoms with E-state index in [4.69, 9.17) is 18.2 Å². The predicted molar refractivity (Wildman–Crippen MR) is 374 cm³/mol. The fourth-order valence-electron chi connectivity index (χ4n) is 13.3. The third kappa shape index (κ3) is 8.71. The summed E-state index contributed by atoms with van der Waals surface area (Å²) in [7, 11) is -8.91. The molecule has 13 aromatic carbocycles. The van der Waals surface area contributed by atoms with Gasteiger partial charge in [0.05, 0.1) is 45.6 Å². The van der Waals surface area contributed by atoms with Gasteiger partial charge >= 0.3 is 0 Å². The molecule has 16 aromatic rings. The van der Waals surface area contributed by atoms with E-state index in [-0.39, 0.29) is 56.8 Å². The van der Waals surface area contributed by atoms with Crippen LogP contribution in [0.25, 0.3) is 88.9 Å². The lowest BCUT2D eigenvalue weighted by Gasteiger charge is -2.38. The van der Waals surface area contributed by atoms with Crippen LogP contribution in [-0.4, -0.2) is 35.2 Å². The number of hydrogen-bond acceptors (Lipinski definition) is 2. The maximum atomic E-state index is 11.9. The molecule has 0 unspecified atom stereocenters. The van der Waals surface area contributed by atoms with Crippen molar-refractivity contribution >= 4 is 101 Å². The van der Waals surface area contributed by atoms with Crippen LogP contribution in [0.3, 0.4) is 0 Å². The summed E-state index contributed by atoms with van der Waals surface area (Å²) in [6.45, 7) is 0. The van der Waals surface area contributed by atoms with Crippen molar-refractivity contribution in [2.45, 2.75) is 0 Å². The fourth-order valence-corrected chi connectivity index (χ4v) is 22.6. The molecule has 0 fully saturated rings. The first-order valence-corrected chi connectivity index (χ1v) is 33.2. The van der Waals surface area contributed by atoms with E-state index >= 15 is 0 Å². The zero-order valence-corrected chi connectivity index (χ0v) is 49.3. The summed E-state index contributed by atoms with van der Waals surface area (Å²) >= 11 is 0. The fraction of sp³-hybridized carbons (Fsp3) is 0. The monoisotopic (exact) mass is 1170 g/mol. The molecular weight excluding hydrogens is 1100 g/mol. The van der Waals surface area contributed by atoms with Gasteiger partial charge in [-0.05, 0) is 88.0 Å². The van der Waals surface area contributed by atoms with Crippen LogP contribution in [0.4, 0.5) is 0 Å². The molecule has 0 amide bonds. The molecule has 0 aliphatic heterocycles. The van der Waals surface area contributed by atoms with Crippen molar-refractivity contribution in [1.29, 1.82) is 0 Å². The van der Waals surface area contributed by atoms with Crippen molar-refractivity contribution in [2.75, 3.05) is 0 Å². The molecule has 88 heavy (non-hydrogen) atoms. The smallest absolute Gasteiger partial charge is 0.237 e. The number of hydrogen-bond donors (Lipinski definition) is 0. The largest absolute Gasteiger partial charge is 0.294 e. The average molecular weight is 1170 g/mol. The average Bonchev–Trinajstić information content (AvgIpc) is 1.45. The predicted octanol–water partition coefficient (Wildman–Crippen LogP) is 14.4. The summed E-state index contributed by atoms with van der Waals surface area (Å²) in [5.41, 5.74) is 4.08. The molecule has 6 heteroatoms. The van der Waals surface area contributed by atoms with Crippen molar-refractivity contribution in [2.24, 2.45) is 0 Å². The van der Waals surface area contributed by atoms with Gasteiger partial charge in [0, 0.05) is 33.2 Å². The van der Waals surface area contributed by atoms with Crippen LogP contribution < -0.4 is 41.5 Å². The van der Waals surface area contributed by atoms with Gasteiger partial charge in [0.15, 0.2) is 16.1 Å². The highest BCUT2D eigenvalue weighted by molar-refractivity contribution is 7.22. The summed E-state index contributed by atoms with van der Waals surface area (Å²) in [6.07, 6.45) is 0. The Hall–Kier alpha value is -11.0. The molecule has 3 heterocycles. The number of nitrogens with zero attached hydrogens (tertiary/aromatic N) is 4. The molecule has 4 nitrogen and oxygen atoms in total. The van der Waals surface area contributed by atoms with Gasteiger partial charge in [-0.25, -0.2) is 4.98 Å². The molecule has 0 bridgehead atoms. The summed E-state index contributed by atoms with van der Waals surface area (Å²) in [5, 5.41) is 8.36. The minimum absolute atomic E-state index is 0.0308. The second kappa shape index (κ2) is 22.1. The SMILES string of the molecule is [2H]c1c([2H])c([2H])c(-c2cccc([Si](c3ccccc3)(c3ccccc3)c3c([2H])c(-c4cc(-n5c6ccccc6c6ccccc65)nc(-n5c6ccccc6c6ccccc65)n4)c([2H])c([Si](c4ccccc4)(c4ccccc4)c4cccc(-c5c([2H])c([2H])c([2H])c([2H])c5[2H])c4)c3[2H])c2)c([2H])c1[2H]. The molecule has 414 valence electrons. The zero-order chi connectivity index (χ0) is 69.8. The van der Waals surface area contributed by atoms with E-state index in [9.17, 15) is 9.60 Å². The number of para-hydroxylation sites is 4. The number of rotatable bonds is 13. The van der Waals surface area contributed by atoms with Crippen LogP contribution >= 0.6 is 0 Å². The standard InChI is InChI=1S/C82H58N4Si2/c1-7-29-59(30-8-1)61-33-27-43-68(53-61)87(64-35-11-3-12-36-64,65-37-13-4-14-38-65)70-55-63(56-71(57-70)88(66-39-15-5-16-40-66,67-41-17-6-18-42-67)69-44-28-34-62(54-69)60-31-9-2-10-32-60)76-58-81(85-77-49-23-19-45-72(77)73-46-20-24-50-78(73)85)84-82(83-76)86-79-51-25-21-47-74(79)75-48-22-26-52-80(75)86/h1-58H/i1D,2D,7D,8D,9D,10D,29D,30D,31D,32D,55D,56D,57D. The molecule has 0 radical (unpaired) electrons. The Morgan fingerprint density at radius 1 is 0.261 bits per heavy atom. The van der Waals surface area contributed by atoms with Crippen LogP contribution in [0, 0.1) is 0 Å². The second-order valence-corrected chi connectivity index (χ2v) is 29.2. The van der Waals surface area contributed by atoms with Gasteiger partial charge in [-0.3, -0.25) is 9.13 Å². The maximum Gasteiger partial charge on any atom is 0.237 e. The van der Waals surface area contributed by atoms with Crippen LogP contribution in [0.15, 0.2) is 352 Å². The first-order chi connectivity index (χ1) is 49.1. The van der Waals surface area contributed by atoms with Crippen molar-refractivity contribution in [3.63, 3.8) is 0 Å². The van der Waals surface area contributed by atoms with E-state index in [0.29, 0.717) is 27.3 Å². The molecule has 0 atom stereocenters. The highest BCUT2D eigenvalue weighted by Crippen LogP contribution is 2.36. The van der Waals surface area contributed by atoms with Crippen molar-refractivity contribution in [3.8, 4) is 45.3 Å². The number of fused-ring (bicyclic) bond motifs is 6. The molecule has 3 aromatic heterocycles. The zero-order valence-electron chi connectivity index (χ0n) is 60.3. The summed E-state index contributed by atoms with van der Waals surface area (Å²) in [5.74, 6) is 0.651. The Bertz CT molecular complexity index is 5430. The summed E-state index contributed by atoms with van der Waals surface area (Å²) < 4.78 is 130. The molecule has 0 aliphatic rings.